The standard InChI is InChI=1S/C13H18O/c1-6-7-12-10(4)8(2)9(3)11(5)13(12)14/h6-7,14H,1-5H3/b7-6+. The van der Waals surface area contributed by atoms with Crippen LogP contribution >= 0.6 is 0 Å². The Hall–Kier alpha value is -1.24. The van der Waals surface area contributed by atoms with E-state index >= 15 is 0 Å². The zero-order valence-electron chi connectivity index (χ0n) is 9.60. The number of phenols is 1. The Morgan fingerprint density at radius 2 is 1.36 bits per heavy atom. The van der Waals surface area contributed by atoms with Crippen molar-refractivity contribution in [1.82, 2.24) is 0 Å². The van der Waals surface area contributed by atoms with Crippen LogP contribution in [0.15, 0.2) is 6.08 Å². The molecule has 1 N–H and O–H groups in total. The number of rotatable bonds is 1. The van der Waals surface area contributed by atoms with Crippen LogP contribution in [0.3, 0.4) is 0 Å². The van der Waals surface area contributed by atoms with Gasteiger partial charge in [0.1, 0.15) is 5.75 Å². The van der Waals surface area contributed by atoms with E-state index in [9.17, 15) is 5.11 Å². The SMILES string of the molecule is C/C=C/c1c(C)c(C)c(C)c(C)c1O. The number of hydrogen-bond donors (Lipinski definition) is 1. The van der Waals surface area contributed by atoms with Crippen LogP contribution < -0.4 is 0 Å². The summed E-state index contributed by atoms with van der Waals surface area (Å²) in [6.45, 7) is 10.1. The van der Waals surface area contributed by atoms with Crippen LogP contribution in [0.5, 0.6) is 5.75 Å². The van der Waals surface area contributed by atoms with Gasteiger partial charge in [0.05, 0.1) is 0 Å². The molecule has 0 aromatic heterocycles. The second kappa shape index (κ2) is 3.87. The normalized spacial score (nSPS) is 11.2. The van der Waals surface area contributed by atoms with Crippen LogP contribution in [0.1, 0.15) is 34.7 Å². The maximum absolute atomic E-state index is 9.96. The van der Waals surface area contributed by atoms with Gasteiger partial charge in [0.2, 0.25) is 0 Å². The monoisotopic (exact) mass is 190 g/mol. The van der Waals surface area contributed by atoms with E-state index in [1.165, 1.54) is 16.7 Å². The Labute approximate surface area is 86.1 Å². The van der Waals surface area contributed by atoms with Crippen molar-refractivity contribution < 1.29 is 5.11 Å². The van der Waals surface area contributed by atoms with Gasteiger partial charge in [0.25, 0.3) is 0 Å². The summed E-state index contributed by atoms with van der Waals surface area (Å²) in [5.74, 6) is 0.420. The van der Waals surface area contributed by atoms with E-state index < -0.39 is 0 Å². The maximum atomic E-state index is 9.96. The minimum Gasteiger partial charge on any atom is -0.507 e. The molecule has 0 aliphatic carbocycles. The maximum Gasteiger partial charge on any atom is 0.126 e. The minimum atomic E-state index is 0.420. The molecule has 1 rings (SSSR count). The third-order valence-corrected chi connectivity index (χ3v) is 3.04. The zero-order valence-corrected chi connectivity index (χ0v) is 9.60. The van der Waals surface area contributed by atoms with E-state index in [1.54, 1.807) is 0 Å². The van der Waals surface area contributed by atoms with E-state index in [0.29, 0.717) is 5.75 Å². The van der Waals surface area contributed by atoms with Crippen molar-refractivity contribution in [3.05, 3.63) is 33.9 Å². The topological polar surface area (TPSA) is 20.2 Å². The summed E-state index contributed by atoms with van der Waals surface area (Å²) in [5.41, 5.74) is 5.57. The number of allylic oxidation sites excluding steroid dienone is 1. The van der Waals surface area contributed by atoms with E-state index in [4.69, 9.17) is 0 Å². The lowest BCUT2D eigenvalue weighted by Crippen LogP contribution is -1.95. The number of phenolic OH excluding ortho intramolecular Hbond substituents is 1. The molecule has 14 heavy (non-hydrogen) atoms. The molecule has 76 valence electrons. The van der Waals surface area contributed by atoms with Gasteiger partial charge in [0.15, 0.2) is 0 Å². The first kappa shape index (κ1) is 10.8. The smallest absolute Gasteiger partial charge is 0.126 e. The highest BCUT2D eigenvalue weighted by molar-refractivity contribution is 5.66. The van der Waals surface area contributed by atoms with Crippen LogP contribution in [-0.4, -0.2) is 5.11 Å². The summed E-state index contributed by atoms with van der Waals surface area (Å²) in [5, 5.41) is 9.96. The van der Waals surface area contributed by atoms with Gasteiger partial charge in [-0.2, -0.15) is 0 Å². The van der Waals surface area contributed by atoms with Crippen molar-refractivity contribution in [3.63, 3.8) is 0 Å². The molecule has 1 nitrogen and oxygen atoms in total. The highest BCUT2D eigenvalue weighted by atomic mass is 16.3. The van der Waals surface area contributed by atoms with Crippen molar-refractivity contribution in [2.45, 2.75) is 34.6 Å². The van der Waals surface area contributed by atoms with Crippen LogP contribution in [0.4, 0.5) is 0 Å². The Kier molecular flexibility index (Phi) is 3.00. The minimum absolute atomic E-state index is 0.420. The highest BCUT2D eigenvalue weighted by Crippen LogP contribution is 2.32. The molecule has 0 bridgehead atoms. The summed E-state index contributed by atoms with van der Waals surface area (Å²) >= 11 is 0. The second-order valence-corrected chi connectivity index (χ2v) is 3.76. The number of hydrogen-bond acceptors (Lipinski definition) is 1. The number of aromatic hydroxyl groups is 1. The van der Waals surface area contributed by atoms with Crippen LogP contribution in [0.25, 0.3) is 6.08 Å². The van der Waals surface area contributed by atoms with Crippen LogP contribution in [0, 0.1) is 27.7 Å². The average molecular weight is 190 g/mol. The van der Waals surface area contributed by atoms with Crippen molar-refractivity contribution in [2.24, 2.45) is 0 Å². The Morgan fingerprint density at radius 1 is 0.857 bits per heavy atom. The molecule has 0 spiro atoms. The molecule has 0 saturated heterocycles. The lowest BCUT2D eigenvalue weighted by atomic mass is 9.93. The van der Waals surface area contributed by atoms with Crippen molar-refractivity contribution in [2.75, 3.05) is 0 Å². The van der Waals surface area contributed by atoms with E-state index in [2.05, 4.69) is 20.8 Å². The summed E-state index contributed by atoms with van der Waals surface area (Å²) in [4.78, 5) is 0. The first-order valence-corrected chi connectivity index (χ1v) is 4.92. The Balaban J connectivity index is 3.59. The van der Waals surface area contributed by atoms with E-state index in [0.717, 1.165) is 11.1 Å². The predicted octanol–water partition coefficient (Wildman–Crippen LogP) is 3.66. The van der Waals surface area contributed by atoms with Crippen LogP contribution in [-0.2, 0) is 0 Å². The van der Waals surface area contributed by atoms with Gasteiger partial charge in [-0.25, -0.2) is 0 Å². The van der Waals surface area contributed by atoms with Crippen molar-refractivity contribution >= 4 is 6.08 Å². The van der Waals surface area contributed by atoms with Gasteiger partial charge >= 0.3 is 0 Å². The summed E-state index contributed by atoms with van der Waals surface area (Å²) in [6.07, 6.45) is 3.92. The van der Waals surface area contributed by atoms with Gasteiger partial charge < -0.3 is 5.11 Å². The molecule has 0 aliphatic rings. The lowest BCUT2D eigenvalue weighted by Gasteiger charge is -2.14. The Bertz CT molecular complexity index is 358. The molecule has 0 radical (unpaired) electrons. The summed E-state index contributed by atoms with van der Waals surface area (Å²) in [7, 11) is 0. The zero-order chi connectivity index (χ0) is 10.9. The molecule has 0 fully saturated rings. The number of benzene rings is 1. The largest absolute Gasteiger partial charge is 0.507 e. The molecule has 0 aliphatic heterocycles. The quantitative estimate of drug-likeness (QED) is 0.716. The third kappa shape index (κ3) is 1.54. The molecule has 0 atom stereocenters. The second-order valence-electron chi connectivity index (χ2n) is 3.76. The molecule has 1 aromatic carbocycles. The predicted molar refractivity (Wildman–Crippen MR) is 61.8 cm³/mol. The third-order valence-electron chi connectivity index (χ3n) is 3.04. The molecular weight excluding hydrogens is 172 g/mol. The molecule has 0 heterocycles. The van der Waals surface area contributed by atoms with Gasteiger partial charge in [0, 0.05) is 5.56 Å². The first-order valence-electron chi connectivity index (χ1n) is 4.92. The van der Waals surface area contributed by atoms with Gasteiger partial charge in [-0.3, -0.25) is 0 Å². The molecule has 1 aromatic rings. The van der Waals surface area contributed by atoms with Crippen molar-refractivity contribution in [3.8, 4) is 5.75 Å². The first-order chi connectivity index (χ1) is 6.50. The fourth-order valence-corrected chi connectivity index (χ4v) is 1.69. The summed E-state index contributed by atoms with van der Waals surface area (Å²) in [6, 6.07) is 0. The Morgan fingerprint density at radius 3 is 1.86 bits per heavy atom. The highest BCUT2D eigenvalue weighted by Gasteiger charge is 2.11. The van der Waals surface area contributed by atoms with E-state index in [1.807, 2.05) is 26.0 Å². The van der Waals surface area contributed by atoms with Gasteiger partial charge in [-0.15, -0.1) is 0 Å². The van der Waals surface area contributed by atoms with E-state index in [-0.39, 0.29) is 0 Å². The summed E-state index contributed by atoms with van der Waals surface area (Å²) < 4.78 is 0. The fraction of sp³-hybridized carbons (Fsp3) is 0.385. The fourth-order valence-electron chi connectivity index (χ4n) is 1.69. The molecule has 0 saturated carbocycles. The van der Waals surface area contributed by atoms with Gasteiger partial charge in [-0.05, 0) is 56.9 Å². The lowest BCUT2D eigenvalue weighted by molar-refractivity contribution is 0.468. The molecule has 1 heteroatoms. The molecular formula is C13H18O. The van der Waals surface area contributed by atoms with Gasteiger partial charge in [-0.1, -0.05) is 12.2 Å². The molecule has 0 unspecified atom stereocenters. The molecule has 0 amide bonds. The van der Waals surface area contributed by atoms with Crippen molar-refractivity contribution in [1.29, 1.82) is 0 Å². The average Bonchev–Trinajstić information content (AvgIpc) is 2.19. The van der Waals surface area contributed by atoms with Crippen LogP contribution in [0.2, 0.25) is 0 Å².